The summed E-state index contributed by atoms with van der Waals surface area (Å²) in [5, 5.41) is 3.72. The predicted molar refractivity (Wildman–Crippen MR) is 73.7 cm³/mol. The van der Waals surface area contributed by atoms with Gasteiger partial charge in [0.25, 0.3) is 0 Å². The Hall–Kier alpha value is -0.430. The third-order valence-electron chi connectivity index (χ3n) is 3.97. The van der Waals surface area contributed by atoms with Crippen LogP contribution in [0, 0.1) is 5.92 Å². The highest BCUT2D eigenvalue weighted by Gasteiger charge is 2.42. The smallest absolute Gasteiger partial charge is 0.341 e. The van der Waals surface area contributed by atoms with Crippen LogP contribution < -0.4 is 5.32 Å². The van der Waals surface area contributed by atoms with Gasteiger partial charge >= 0.3 is 6.18 Å². The van der Waals surface area contributed by atoms with Gasteiger partial charge in [0.15, 0.2) is 0 Å². The minimum Gasteiger partial charge on any atom is -0.341 e. The third-order valence-corrected chi connectivity index (χ3v) is 5.32. The van der Waals surface area contributed by atoms with Crippen molar-refractivity contribution in [1.29, 1.82) is 0 Å². The number of piperidine rings is 2. The van der Waals surface area contributed by atoms with Crippen molar-refractivity contribution in [2.24, 2.45) is 5.92 Å². The Bertz CT molecular complexity index is 332. The van der Waals surface area contributed by atoms with E-state index in [1.807, 2.05) is 0 Å². The molecule has 20 heavy (non-hydrogen) atoms. The van der Waals surface area contributed by atoms with Crippen molar-refractivity contribution < 1.29 is 18.0 Å². The van der Waals surface area contributed by atoms with Crippen molar-refractivity contribution in [3.63, 3.8) is 0 Å². The number of amides is 1. The molecule has 0 radical (unpaired) electrons. The molecule has 3 nitrogen and oxygen atoms in total. The summed E-state index contributed by atoms with van der Waals surface area (Å²) in [6.45, 7) is 2.24. The average molecular weight is 310 g/mol. The van der Waals surface area contributed by atoms with Crippen LogP contribution in [0.1, 0.15) is 25.7 Å². The van der Waals surface area contributed by atoms with Gasteiger partial charge in [0, 0.05) is 18.3 Å². The lowest BCUT2D eigenvalue weighted by atomic mass is 9.97. The topological polar surface area (TPSA) is 32.3 Å². The molecule has 2 rings (SSSR count). The van der Waals surface area contributed by atoms with Crippen LogP contribution in [-0.2, 0) is 4.79 Å². The number of carbonyl (C=O) groups is 1. The van der Waals surface area contributed by atoms with E-state index in [-0.39, 0.29) is 18.9 Å². The van der Waals surface area contributed by atoms with Gasteiger partial charge in [0.2, 0.25) is 5.91 Å². The molecule has 2 heterocycles. The second-order valence-corrected chi connectivity index (χ2v) is 6.77. The molecule has 0 spiro atoms. The molecule has 0 saturated carbocycles. The molecule has 1 N–H and O–H groups in total. The third kappa shape index (κ3) is 4.55. The molecule has 116 valence electrons. The van der Waals surface area contributed by atoms with Gasteiger partial charge in [-0.05, 0) is 38.8 Å². The van der Waals surface area contributed by atoms with E-state index in [1.165, 1.54) is 4.90 Å². The number of rotatable bonds is 3. The van der Waals surface area contributed by atoms with E-state index in [9.17, 15) is 18.0 Å². The number of likely N-dealkylation sites (tertiary alicyclic amines) is 1. The Morgan fingerprint density at radius 1 is 1.25 bits per heavy atom. The molecular formula is C13H21F3N2OS. The van der Waals surface area contributed by atoms with E-state index in [0.29, 0.717) is 24.0 Å². The SMILES string of the molecule is O=C(CSC1CCNCC1)N1CCCC(C(F)(F)F)C1. The lowest BCUT2D eigenvalue weighted by Gasteiger charge is -2.34. The minimum absolute atomic E-state index is 0.137. The highest BCUT2D eigenvalue weighted by atomic mass is 32.2. The molecule has 0 aliphatic carbocycles. The van der Waals surface area contributed by atoms with Crippen LogP contribution in [0.5, 0.6) is 0 Å². The van der Waals surface area contributed by atoms with Gasteiger partial charge in [0.05, 0.1) is 11.7 Å². The molecule has 1 unspecified atom stereocenters. The first-order valence-electron chi connectivity index (χ1n) is 7.13. The molecule has 0 aromatic carbocycles. The summed E-state index contributed by atoms with van der Waals surface area (Å²) in [7, 11) is 0. The van der Waals surface area contributed by atoms with E-state index in [2.05, 4.69) is 5.32 Å². The Labute approximate surface area is 121 Å². The van der Waals surface area contributed by atoms with Crippen molar-refractivity contribution in [2.75, 3.05) is 31.9 Å². The van der Waals surface area contributed by atoms with Crippen LogP contribution in [0.3, 0.4) is 0 Å². The molecule has 7 heteroatoms. The van der Waals surface area contributed by atoms with Crippen molar-refractivity contribution in [1.82, 2.24) is 10.2 Å². The van der Waals surface area contributed by atoms with E-state index in [0.717, 1.165) is 25.9 Å². The first kappa shape index (κ1) is 15.9. The number of thioether (sulfide) groups is 1. The summed E-state index contributed by atoms with van der Waals surface area (Å²) in [5.74, 6) is -1.17. The van der Waals surface area contributed by atoms with Crippen LogP contribution >= 0.6 is 11.8 Å². The largest absolute Gasteiger partial charge is 0.393 e. The quantitative estimate of drug-likeness (QED) is 0.868. The molecule has 2 fully saturated rings. The van der Waals surface area contributed by atoms with E-state index in [4.69, 9.17) is 0 Å². The Morgan fingerprint density at radius 2 is 1.95 bits per heavy atom. The summed E-state index contributed by atoms with van der Waals surface area (Å²) >= 11 is 1.60. The molecule has 0 aromatic rings. The van der Waals surface area contributed by atoms with Crippen molar-refractivity contribution in [3.8, 4) is 0 Å². The first-order valence-corrected chi connectivity index (χ1v) is 8.18. The van der Waals surface area contributed by atoms with Gasteiger partial charge < -0.3 is 10.2 Å². The standard InChI is InChI=1S/C13H21F3N2OS/c14-13(15,16)10-2-1-7-18(8-10)12(19)9-20-11-3-5-17-6-4-11/h10-11,17H,1-9H2. The maximum absolute atomic E-state index is 12.7. The van der Waals surface area contributed by atoms with Crippen molar-refractivity contribution in [2.45, 2.75) is 37.1 Å². The number of nitrogens with zero attached hydrogens (tertiary/aromatic N) is 1. The number of hydrogen-bond donors (Lipinski definition) is 1. The maximum atomic E-state index is 12.7. The van der Waals surface area contributed by atoms with Gasteiger partial charge in [-0.2, -0.15) is 13.2 Å². The Morgan fingerprint density at radius 3 is 2.60 bits per heavy atom. The Kier molecular flexibility index (Phi) is 5.60. The zero-order chi connectivity index (χ0) is 14.6. The number of halogens is 3. The molecule has 0 aromatic heterocycles. The molecule has 1 amide bonds. The Balaban J connectivity index is 1.76. The van der Waals surface area contributed by atoms with Crippen molar-refractivity contribution >= 4 is 17.7 Å². The average Bonchev–Trinajstić information content (AvgIpc) is 2.45. The highest BCUT2D eigenvalue weighted by molar-refractivity contribution is 8.00. The van der Waals surface area contributed by atoms with Crippen LogP contribution in [-0.4, -0.2) is 54.2 Å². The van der Waals surface area contributed by atoms with Crippen LogP contribution in [0.15, 0.2) is 0 Å². The monoisotopic (exact) mass is 310 g/mol. The second-order valence-electron chi connectivity index (χ2n) is 5.48. The lowest BCUT2D eigenvalue weighted by Crippen LogP contribution is -2.45. The normalized spacial score (nSPS) is 25.8. The van der Waals surface area contributed by atoms with E-state index < -0.39 is 12.1 Å². The van der Waals surface area contributed by atoms with Gasteiger partial charge in [-0.1, -0.05) is 0 Å². The number of nitrogens with one attached hydrogen (secondary N) is 1. The van der Waals surface area contributed by atoms with E-state index in [1.54, 1.807) is 11.8 Å². The molecule has 2 aliphatic rings. The number of alkyl halides is 3. The highest BCUT2D eigenvalue weighted by Crippen LogP contribution is 2.33. The summed E-state index contributed by atoms with van der Waals surface area (Å²) in [4.78, 5) is 13.4. The summed E-state index contributed by atoms with van der Waals surface area (Å²) in [5.41, 5.74) is 0. The van der Waals surface area contributed by atoms with E-state index >= 15 is 0 Å². The van der Waals surface area contributed by atoms with Crippen LogP contribution in [0.25, 0.3) is 0 Å². The fraction of sp³-hybridized carbons (Fsp3) is 0.923. The molecule has 1 atom stereocenters. The number of hydrogen-bond acceptors (Lipinski definition) is 3. The van der Waals surface area contributed by atoms with Crippen LogP contribution in [0.2, 0.25) is 0 Å². The van der Waals surface area contributed by atoms with Crippen LogP contribution in [0.4, 0.5) is 13.2 Å². The maximum Gasteiger partial charge on any atom is 0.393 e. The van der Waals surface area contributed by atoms with Gasteiger partial charge in [-0.25, -0.2) is 0 Å². The fourth-order valence-corrected chi connectivity index (χ4v) is 3.84. The van der Waals surface area contributed by atoms with Gasteiger partial charge in [0.1, 0.15) is 0 Å². The number of carbonyl (C=O) groups excluding carboxylic acids is 1. The summed E-state index contributed by atoms with van der Waals surface area (Å²) in [6, 6.07) is 0. The van der Waals surface area contributed by atoms with Gasteiger partial charge in [-0.15, -0.1) is 11.8 Å². The molecule has 2 saturated heterocycles. The first-order chi connectivity index (χ1) is 9.47. The summed E-state index contributed by atoms with van der Waals surface area (Å²) in [6.07, 6.45) is -1.52. The molecular weight excluding hydrogens is 289 g/mol. The zero-order valence-electron chi connectivity index (χ0n) is 11.4. The lowest BCUT2D eigenvalue weighted by molar-refractivity contribution is -0.187. The predicted octanol–water partition coefficient (Wildman–Crippen LogP) is 2.27. The van der Waals surface area contributed by atoms with Gasteiger partial charge in [-0.3, -0.25) is 4.79 Å². The zero-order valence-corrected chi connectivity index (χ0v) is 12.2. The molecule has 0 bridgehead atoms. The summed E-state index contributed by atoms with van der Waals surface area (Å²) < 4.78 is 38.1. The molecule has 2 aliphatic heterocycles. The fourth-order valence-electron chi connectivity index (χ4n) is 2.71. The van der Waals surface area contributed by atoms with Crippen molar-refractivity contribution in [3.05, 3.63) is 0 Å². The minimum atomic E-state index is -4.18. The second kappa shape index (κ2) is 7.02.